The molecule has 3 atom stereocenters. The average molecular weight is 348 g/mol. The molecule has 1 aromatic heterocycles. The van der Waals surface area contributed by atoms with E-state index in [1.54, 1.807) is 13.3 Å². The van der Waals surface area contributed by atoms with Gasteiger partial charge in [-0.25, -0.2) is 9.78 Å². The van der Waals surface area contributed by atoms with E-state index < -0.39 is 5.60 Å². The van der Waals surface area contributed by atoms with Crippen molar-refractivity contribution in [3.63, 3.8) is 0 Å². The molecular formula is C19H28N2O4. The number of methoxy groups -OCH3 is 1. The van der Waals surface area contributed by atoms with Crippen LogP contribution in [-0.4, -0.2) is 46.9 Å². The maximum absolute atomic E-state index is 12.5. The zero-order valence-corrected chi connectivity index (χ0v) is 15.5. The summed E-state index contributed by atoms with van der Waals surface area (Å²) in [6.07, 6.45) is 5.31. The summed E-state index contributed by atoms with van der Waals surface area (Å²) in [7, 11) is 1.67. The van der Waals surface area contributed by atoms with E-state index in [0.29, 0.717) is 12.5 Å². The lowest BCUT2D eigenvalue weighted by atomic mass is 10.0. The first-order valence-electron chi connectivity index (χ1n) is 8.97. The largest absolute Gasteiger partial charge is 0.474 e. The molecule has 2 aliphatic rings. The molecule has 0 spiro atoms. The Labute approximate surface area is 149 Å². The maximum Gasteiger partial charge on any atom is 0.410 e. The normalized spacial score (nSPS) is 25.8. The molecular weight excluding hydrogens is 320 g/mol. The molecule has 6 heteroatoms. The quantitative estimate of drug-likeness (QED) is 0.833. The van der Waals surface area contributed by atoms with Crippen LogP contribution in [0.2, 0.25) is 0 Å². The van der Waals surface area contributed by atoms with Gasteiger partial charge in [0.05, 0.1) is 6.61 Å². The molecule has 2 saturated heterocycles. The number of hydrogen-bond acceptors (Lipinski definition) is 5. The molecule has 1 amide bonds. The number of pyridine rings is 1. The standard InChI is InChI=1S/C19H28N2O4/c1-19(2,3)25-18(22)21-14-5-6-15(21)11-16(10-14)24-17-9-13(12-23-4)7-8-20-17/h7-9,14-16H,5-6,10-12H2,1-4H3/t14-,15+,16+. The van der Waals surface area contributed by atoms with Crippen LogP contribution in [0.15, 0.2) is 18.3 Å². The van der Waals surface area contributed by atoms with Crippen LogP contribution in [0.25, 0.3) is 0 Å². The number of nitrogens with zero attached hydrogens (tertiary/aromatic N) is 2. The van der Waals surface area contributed by atoms with E-state index in [1.807, 2.05) is 37.8 Å². The molecule has 1 aromatic rings. The lowest BCUT2D eigenvalue weighted by Gasteiger charge is -2.39. The van der Waals surface area contributed by atoms with Crippen LogP contribution < -0.4 is 4.74 Å². The van der Waals surface area contributed by atoms with Crippen molar-refractivity contribution in [2.24, 2.45) is 0 Å². The minimum Gasteiger partial charge on any atom is -0.474 e. The third-order valence-electron chi connectivity index (χ3n) is 4.69. The van der Waals surface area contributed by atoms with Gasteiger partial charge in [-0.05, 0) is 45.2 Å². The van der Waals surface area contributed by atoms with Crippen LogP contribution in [0, 0.1) is 0 Å². The molecule has 2 aliphatic heterocycles. The molecule has 3 rings (SSSR count). The van der Waals surface area contributed by atoms with Crippen LogP contribution in [0.1, 0.15) is 52.0 Å². The summed E-state index contributed by atoms with van der Waals surface area (Å²) in [5, 5.41) is 0. The van der Waals surface area contributed by atoms with Gasteiger partial charge in [0.1, 0.15) is 11.7 Å². The molecule has 0 N–H and O–H groups in total. The molecule has 2 fully saturated rings. The second kappa shape index (κ2) is 7.20. The number of carbonyl (C=O) groups is 1. The number of rotatable bonds is 4. The third-order valence-corrected chi connectivity index (χ3v) is 4.69. The second-order valence-corrected chi connectivity index (χ2v) is 7.92. The average Bonchev–Trinajstić information content (AvgIpc) is 2.78. The third kappa shape index (κ3) is 4.42. The van der Waals surface area contributed by atoms with Crippen molar-refractivity contribution >= 4 is 6.09 Å². The molecule has 0 aromatic carbocycles. The van der Waals surface area contributed by atoms with Crippen LogP contribution in [-0.2, 0) is 16.1 Å². The van der Waals surface area contributed by atoms with Gasteiger partial charge in [0, 0.05) is 44.3 Å². The van der Waals surface area contributed by atoms with Crippen LogP contribution in [0.4, 0.5) is 4.79 Å². The molecule has 0 radical (unpaired) electrons. The van der Waals surface area contributed by atoms with Gasteiger partial charge < -0.3 is 19.1 Å². The van der Waals surface area contributed by atoms with Crippen LogP contribution in [0.5, 0.6) is 5.88 Å². The number of ether oxygens (including phenoxy) is 3. The Hall–Kier alpha value is -1.82. The van der Waals surface area contributed by atoms with Gasteiger partial charge in [-0.2, -0.15) is 0 Å². The Morgan fingerprint density at radius 2 is 1.96 bits per heavy atom. The van der Waals surface area contributed by atoms with E-state index in [1.165, 1.54) is 0 Å². The predicted octanol–water partition coefficient (Wildman–Crippen LogP) is 3.54. The van der Waals surface area contributed by atoms with Crippen molar-refractivity contribution in [2.45, 2.75) is 76.9 Å². The predicted molar refractivity (Wildman–Crippen MR) is 93.5 cm³/mol. The molecule has 6 nitrogen and oxygen atoms in total. The fourth-order valence-corrected chi connectivity index (χ4v) is 3.78. The highest BCUT2D eigenvalue weighted by atomic mass is 16.6. The molecule has 2 bridgehead atoms. The minimum atomic E-state index is -0.463. The Bertz CT molecular complexity index is 600. The summed E-state index contributed by atoms with van der Waals surface area (Å²) in [6, 6.07) is 4.23. The Morgan fingerprint density at radius 1 is 1.28 bits per heavy atom. The Balaban J connectivity index is 1.62. The topological polar surface area (TPSA) is 60.9 Å². The van der Waals surface area contributed by atoms with Crippen LogP contribution >= 0.6 is 0 Å². The zero-order chi connectivity index (χ0) is 18.0. The molecule has 3 heterocycles. The van der Waals surface area contributed by atoms with Gasteiger partial charge in [0.2, 0.25) is 5.88 Å². The maximum atomic E-state index is 12.5. The second-order valence-electron chi connectivity index (χ2n) is 7.92. The highest BCUT2D eigenvalue weighted by Crippen LogP contribution is 2.38. The summed E-state index contributed by atoms with van der Waals surface area (Å²) in [6.45, 7) is 6.26. The van der Waals surface area contributed by atoms with Crippen molar-refractivity contribution in [3.8, 4) is 5.88 Å². The molecule has 0 unspecified atom stereocenters. The molecule has 0 saturated carbocycles. The first-order valence-corrected chi connectivity index (χ1v) is 8.97. The Kier molecular flexibility index (Phi) is 5.18. The van der Waals surface area contributed by atoms with Gasteiger partial charge in [-0.3, -0.25) is 0 Å². The molecule has 25 heavy (non-hydrogen) atoms. The zero-order valence-electron chi connectivity index (χ0n) is 15.5. The number of aromatic nitrogens is 1. The summed E-state index contributed by atoms with van der Waals surface area (Å²) in [4.78, 5) is 18.7. The van der Waals surface area contributed by atoms with Crippen molar-refractivity contribution in [1.29, 1.82) is 0 Å². The molecule has 138 valence electrons. The molecule has 0 aliphatic carbocycles. The fraction of sp³-hybridized carbons (Fsp3) is 0.684. The van der Waals surface area contributed by atoms with E-state index in [4.69, 9.17) is 14.2 Å². The van der Waals surface area contributed by atoms with Gasteiger partial charge in [0.25, 0.3) is 0 Å². The number of fused-ring (bicyclic) bond motifs is 2. The lowest BCUT2D eigenvalue weighted by Crippen LogP contribution is -2.50. The monoisotopic (exact) mass is 348 g/mol. The number of hydrogen-bond donors (Lipinski definition) is 0. The number of piperidine rings is 1. The van der Waals surface area contributed by atoms with E-state index >= 15 is 0 Å². The summed E-state index contributed by atoms with van der Waals surface area (Å²) in [5.74, 6) is 0.629. The van der Waals surface area contributed by atoms with Crippen molar-refractivity contribution in [1.82, 2.24) is 9.88 Å². The first kappa shape index (κ1) is 18.0. The van der Waals surface area contributed by atoms with Gasteiger partial charge >= 0.3 is 6.09 Å². The van der Waals surface area contributed by atoms with Gasteiger partial charge in [-0.15, -0.1) is 0 Å². The SMILES string of the molecule is COCc1ccnc(O[C@H]2C[C@H]3CC[C@@H](C2)N3C(=O)OC(C)(C)C)c1. The highest BCUT2D eigenvalue weighted by Gasteiger charge is 2.45. The lowest BCUT2D eigenvalue weighted by molar-refractivity contribution is -0.00761. The Morgan fingerprint density at radius 3 is 2.56 bits per heavy atom. The van der Waals surface area contributed by atoms with E-state index in [-0.39, 0.29) is 24.3 Å². The van der Waals surface area contributed by atoms with E-state index in [9.17, 15) is 4.79 Å². The number of amides is 1. The highest BCUT2D eigenvalue weighted by molar-refractivity contribution is 5.69. The number of carbonyl (C=O) groups excluding carboxylic acids is 1. The smallest absolute Gasteiger partial charge is 0.410 e. The summed E-state index contributed by atoms with van der Waals surface area (Å²) in [5.41, 5.74) is 0.580. The van der Waals surface area contributed by atoms with Crippen LogP contribution in [0.3, 0.4) is 0 Å². The van der Waals surface area contributed by atoms with Crippen molar-refractivity contribution in [2.75, 3.05) is 7.11 Å². The van der Waals surface area contributed by atoms with Gasteiger partial charge in [0.15, 0.2) is 0 Å². The van der Waals surface area contributed by atoms with E-state index in [0.717, 1.165) is 31.2 Å². The minimum absolute atomic E-state index is 0.0847. The van der Waals surface area contributed by atoms with Crippen molar-refractivity contribution < 1.29 is 19.0 Å². The van der Waals surface area contributed by atoms with Gasteiger partial charge in [-0.1, -0.05) is 0 Å². The van der Waals surface area contributed by atoms with Crippen molar-refractivity contribution in [3.05, 3.63) is 23.9 Å². The first-order chi connectivity index (χ1) is 11.9. The summed E-state index contributed by atoms with van der Waals surface area (Å²) >= 11 is 0. The summed E-state index contributed by atoms with van der Waals surface area (Å²) < 4.78 is 16.8. The van der Waals surface area contributed by atoms with E-state index in [2.05, 4.69) is 4.98 Å². The fourth-order valence-electron chi connectivity index (χ4n) is 3.78.